The van der Waals surface area contributed by atoms with Gasteiger partial charge in [0.2, 0.25) is 0 Å². The molecule has 4 rings (SSSR count). The van der Waals surface area contributed by atoms with Crippen LogP contribution in [0.3, 0.4) is 0 Å². The largest absolute Gasteiger partial charge is 0.480 e. The predicted molar refractivity (Wildman–Crippen MR) is 133 cm³/mol. The van der Waals surface area contributed by atoms with Crippen molar-refractivity contribution in [3.05, 3.63) is 102 Å². The summed E-state index contributed by atoms with van der Waals surface area (Å²) in [6.45, 7) is 1.47. The van der Waals surface area contributed by atoms with E-state index in [0.717, 1.165) is 18.5 Å². The third kappa shape index (κ3) is 4.98. The summed E-state index contributed by atoms with van der Waals surface area (Å²) in [5.41, 5.74) is 5.72. The minimum Gasteiger partial charge on any atom is -0.480 e. The average molecular weight is 425 g/mol. The highest BCUT2D eigenvalue weighted by atomic mass is 16.4. The van der Waals surface area contributed by atoms with Gasteiger partial charge in [0, 0.05) is 24.5 Å². The van der Waals surface area contributed by atoms with Gasteiger partial charge in [-0.2, -0.15) is 0 Å². The molecule has 0 saturated heterocycles. The summed E-state index contributed by atoms with van der Waals surface area (Å²) >= 11 is 0. The first kappa shape index (κ1) is 21.6. The number of carboxylic acid groups (broad SMARTS) is 1. The van der Waals surface area contributed by atoms with E-state index in [9.17, 15) is 9.90 Å². The van der Waals surface area contributed by atoms with Crippen LogP contribution < -0.4 is 4.90 Å². The molecule has 4 heteroatoms. The number of benzene rings is 3. The second-order valence-corrected chi connectivity index (χ2v) is 7.99. The monoisotopic (exact) mass is 424 g/mol. The van der Waals surface area contributed by atoms with Crippen molar-refractivity contribution >= 4 is 35.6 Å². The van der Waals surface area contributed by atoms with Crippen LogP contribution >= 0.6 is 0 Å². The zero-order valence-electron chi connectivity index (χ0n) is 18.3. The quantitative estimate of drug-likeness (QED) is 0.497. The van der Waals surface area contributed by atoms with Gasteiger partial charge in [0.25, 0.3) is 0 Å². The third-order valence-electron chi connectivity index (χ3n) is 5.79. The molecule has 4 nitrogen and oxygen atoms in total. The van der Waals surface area contributed by atoms with Crippen molar-refractivity contribution < 1.29 is 9.90 Å². The summed E-state index contributed by atoms with van der Waals surface area (Å²) in [5.74, 6) is -0.839. The first-order valence-electron chi connectivity index (χ1n) is 10.9. The molecule has 0 aliphatic carbocycles. The number of hydrogen-bond acceptors (Lipinski definition) is 3. The molecule has 1 N–H and O–H groups in total. The van der Waals surface area contributed by atoms with Crippen molar-refractivity contribution in [3.63, 3.8) is 0 Å². The zero-order valence-corrected chi connectivity index (χ0v) is 18.3. The van der Waals surface area contributed by atoms with Gasteiger partial charge >= 0.3 is 5.97 Å². The molecule has 1 aliphatic rings. The molecule has 1 atom stereocenters. The lowest BCUT2D eigenvalue weighted by Crippen LogP contribution is -2.38. The van der Waals surface area contributed by atoms with Crippen LogP contribution in [0, 0.1) is 0 Å². The number of fused-ring (bicyclic) bond motifs is 2. The molecule has 0 amide bonds. The van der Waals surface area contributed by atoms with Gasteiger partial charge in [-0.1, -0.05) is 91.0 Å². The SMILES string of the molecule is CN(CCCN1c2ccccc2C=Cc2ccccc21)C(C=Cc1ccccc1)C(=O)O. The summed E-state index contributed by atoms with van der Waals surface area (Å²) in [6, 6.07) is 25.9. The van der Waals surface area contributed by atoms with E-state index >= 15 is 0 Å². The molecule has 3 aromatic carbocycles. The second-order valence-electron chi connectivity index (χ2n) is 7.99. The van der Waals surface area contributed by atoms with Gasteiger partial charge in [-0.3, -0.25) is 9.69 Å². The van der Waals surface area contributed by atoms with Crippen molar-refractivity contribution in [2.75, 3.05) is 25.0 Å². The highest BCUT2D eigenvalue weighted by molar-refractivity contribution is 5.88. The summed E-state index contributed by atoms with van der Waals surface area (Å²) in [7, 11) is 1.87. The average Bonchev–Trinajstić information content (AvgIpc) is 2.97. The Morgan fingerprint density at radius 2 is 1.47 bits per heavy atom. The van der Waals surface area contributed by atoms with E-state index in [-0.39, 0.29) is 0 Å². The van der Waals surface area contributed by atoms with Crippen LogP contribution in [-0.4, -0.2) is 42.2 Å². The Labute approximate surface area is 189 Å². The minimum absolute atomic E-state index is 0.666. The number of aliphatic carboxylic acids is 1. The third-order valence-corrected chi connectivity index (χ3v) is 5.79. The van der Waals surface area contributed by atoms with Crippen molar-refractivity contribution in [2.45, 2.75) is 12.5 Å². The lowest BCUT2D eigenvalue weighted by atomic mass is 10.1. The Morgan fingerprint density at radius 3 is 2.06 bits per heavy atom. The van der Waals surface area contributed by atoms with E-state index in [1.165, 1.54) is 22.5 Å². The number of para-hydroxylation sites is 2. The minimum atomic E-state index is -0.839. The van der Waals surface area contributed by atoms with E-state index in [1.807, 2.05) is 48.4 Å². The molecular formula is C28H28N2O2. The summed E-state index contributed by atoms with van der Waals surface area (Å²) in [5, 5.41) is 9.76. The molecule has 1 aliphatic heterocycles. The Balaban J connectivity index is 1.47. The molecule has 0 fully saturated rings. The van der Waals surface area contributed by atoms with E-state index in [4.69, 9.17) is 0 Å². The fourth-order valence-electron chi connectivity index (χ4n) is 4.10. The molecule has 162 valence electrons. The predicted octanol–water partition coefficient (Wildman–Crippen LogP) is 5.80. The molecule has 0 saturated carbocycles. The number of nitrogens with zero attached hydrogens (tertiary/aromatic N) is 2. The van der Waals surface area contributed by atoms with Crippen molar-refractivity contribution in [1.82, 2.24) is 4.90 Å². The molecule has 1 heterocycles. The van der Waals surface area contributed by atoms with Gasteiger partial charge in [-0.15, -0.1) is 0 Å². The van der Waals surface area contributed by atoms with Gasteiger partial charge in [0.05, 0.1) is 0 Å². The molecule has 3 aromatic rings. The maximum absolute atomic E-state index is 11.9. The second kappa shape index (κ2) is 10.1. The van der Waals surface area contributed by atoms with Crippen LogP contribution in [0.2, 0.25) is 0 Å². The smallest absolute Gasteiger partial charge is 0.324 e. The standard InChI is InChI=1S/C28H28N2O2/c1-29(27(28(31)32)19-16-22-10-3-2-4-11-22)20-9-21-30-25-14-7-5-12-23(25)17-18-24-13-6-8-15-26(24)30/h2-8,10-19,27H,9,20-21H2,1H3,(H,31,32). The summed E-state index contributed by atoms with van der Waals surface area (Å²) in [6.07, 6.45) is 8.80. The number of carbonyl (C=O) groups is 1. The van der Waals surface area contributed by atoms with Crippen LogP contribution in [0.15, 0.2) is 84.9 Å². The number of anilines is 2. The van der Waals surface area contributed by atoms with Gasteiger partial charge in [-0.25, -0.2) is 0 Å². The molecular weight excluding hydrogens is 396 g/mol. The van der Waals surface area contributed by atoms with Crippen molar-refractivity contribution in [2.24, 2.45) is 0 Å². The topological polar surface area (TPSA) is 43.8 Å². The van der Waals surface area contributed by atoms with E-state index < -0.39 is 12.0 Å². The number of likely N-dealkylation sites (N-methyl/N-ethyl adjacent to an activating group) is 1. The molecule has 0 aromatic heterocycles. The number of hydrogen-bond donors (Lipinski definition) is 1. The Hall–Kier alpha value is -3.63. The molecule has 0 spiro atoms. The lowest BCUT2D eigenvalue weighted by Gasteiger charge is -2.28. The first-order chi connectivity index (χ1) is 15.6. The maximum Gasteiger partial charge on any atom is 0.324 e. The highest BCUT2D eigenvalue weighted by Crippen LogP contribution is 2.36. The van der Waals surface area contributed by atoms with Gasteiger partial charge in [-0.05, 0) is 42.3 Å². The Kier molecular flexibility index (Phi) is 6.83. The van der Waals surface area contributed by atoms with Gasteiger partial charge < -0.3 is 10.0 Å². The van der Waals surface area contributed by atoms with Gasteiger partial charge in [0.1, 0.15) is 6.04 Å². The van der Waals surface area contributed by atoms with E-state index in [2.05, 4.69) is 65.6 Å². The fourth-order valence-corrected chi connectivity index (χ4v) is 4.10. The molecule has 32 heavy (non-hydrogen) atoms. The first-order valence-corrected chi connectivity index (χ1v) is 10.9. The molecule has 0 radical (unpaired) electrons. The fraction of sp³-hybridized carbons (Fsp3) is 0.179. The molecule has 1 unspecified atom stereocenters. The summed E-state index contributed by atoms with van der Waals surface area (Å²) < 4.78 is 0. The lowest BCUT2D eigenvalue weighted by molar-refractivity contribution is -0.140. The number of rotatable bonds is 8. The van der Waals surface area contributed by atoms with Crippen LogP contribution in [0.4, 0.5) is 11.4 Å². The van der Waals surface area contributed by atoms with E-state index in [1.54, 1.807) is 6.08 Å². The summed E-state index contributed by atoms with van der Waals surface area (Å²) in [4.78, 5) is 16.1. The van der Waals surface area contributed by atoms with Crippen molar-refractivity contribution in [3.8, 4) is 0 Å². The van der Waals surface area contributed by atoms with Crippen LogP contribution in [0.5, 0.6) is 0 Å². The van der Waals surface area contributed by atoms with Crippen LogP contribution in [-0.2, 0) is 4.79 Å². The highest BCUT2D eigenvalue weighted by Gasteiger charge is 2.21. The van der Waals surface area contributed by atoms with E-state index in [0.29, 0.717) is 6.54 Å². The Morgan fingerprint density at radius 1 is 0.906 bits per heavy atom. The van der Waals surface area contributed by atoms with Crippen molar-refractivity contribution in [1.29, 1.82) is 0 Å². The van der Waals surface area contributed by atoms with Crippen LogP contribution in [0.25, 0.3) is 18.2 Å². The Bertz CT molecular complexity index is 1070. The zero-order chi connectivity index (χ0) is 22.3. The van der Waals surface area contributed by atoms with Gasteiger partial charge in [0.15, 0.2) is 0 Å². The number of carboxylic acids is 1. The molecule has 0 bridgehead atoms. The van der Waals surface area contributed by atoms with Crippen LogP contribution in [0.1, 0.15) is 23.1 Å². The maximum atomic E-state index is 11.9. The normalized spacial score (nSPS) is 13.6.